The van der Waals surface area contributed by atoms with Gasteiger partial charge in [-0.1, -0.05) is 65.0 Å². The van der Waals surface area contributed by atoms with Crippen LogP contribution in [-0.2, 0) is 9.53 Å². The van der Waals surface area contributed by atoms with Crippen molar-refractivity contribution in [2.75, 3.05) is 13.2 Å². The number of hydrogen-bond acceptors (Lipinski definition) is 2. The lowest BCUT2D eigenvalue weighted by Crippen LogP contribution is -2.83. The van der Waals surface area contributed by atoms with Crippen LogP contribution in [0.3, 0.4) is 0 Å². The maximum atomic E-state index is 11.0. The monoisotopic (exact) mass is 374 g/mol. The number of hydrogen-bond donors (Lipinski definition) is 0. The molecule has 0 aromatic heterocycles. The van der Waals surface area contributed by atoms with Crippen molar-refractivity contribution in [3.8, 4) is 0 Å². The molecule has 2 atom stereocenters. The molecule has 0 bridgehead atoms. The number of carbonyl (C=O) groups excluding carboxylic acids is 1. The third-order valence-electron chi connectivity index (χ3n) is 6.14. The molecule has 0 spiro atoms. The van der Waals surface area contributed by atoms with Crippen LogP contribution in [0.15, 0.2) is 0 Å². The highest BCUT2D eigenvalue weighted by molar-refractivity contribution is 7.89. The van der Waals surface area contributed by atoms with Gasteiger partial charge in [0, 0.05) is 42.4 Å². The normalized spacial score (nSPS) is 24.6. The minimum absolute atomic E-state index is 0.494. The van der Waals surface area contributed by atoms with Gasteiger partial charge in [-0.2, -0.15) is 0 Å². The van der Waals surface area contributed by atoms with Crippen LogP contribution in [0, 0.1) is 11.8 Å². The molecule has 0 radical (unpaired) electrons. The van der Waals surface area contributed by atoms with Crippen LogP contribution < -0.4 is 0 Å². The first-order valence-electron chi connectivity index (χ1n) is 8.79. The first kappa shape index (κ1) is 20.5. The largest absolute Gasteiger partial charge is 0.381 e. The molecule has 1 fully saturated rings. The summed E-state index contributed by atoms with van der Waals surface area (Å²) in [5, 5.41) is 0. The summed E-state index contributed by atoms with van der Waals surface area (Å²) in [6.45, 7) is 24.3. The Kier molecular flexibility index (Phi) is 6.33. The third kappa shape index (κ3) is 3.76. The number of ether oxygens (including phenoxy) is 1. The first-order chi connectivity index (χ1) is 9.78. The lowest BCUT2D eigenvalue weighted by molar-refractivity contribution is -0.108. The summed E-state index contributed by atoms with van der Waals surface area (Å²) < 4.78 is 5.82. The Morgan fingerprint density at radius 3 is 1.59 bits per heavy atom. The number of rotatable bonds is 7. The Bertz CT molecular complexity index is 354. The second kappa shape index (κ2) is 6.78. The predicted octanol–water partition coefficient (Wildman–Crippen LogP) is 4.54. The van der Waals surface area contributed by atoms with Gasteiger partial charge in [-0.05, 0) is 11.8 Å². The zero-order chi connectivity index (χ0) is 17.4. The fourth-order valence-corrected chi connectivity index (χ4v) is 105. The average Bonchev–Trinajstić information content (AvgIpc) is 2.68. The van der Waals surface area contributed by atoms with Crippen molar-refractivity contribution in [3.05, 3.63) is 0 Å². The molecule has 6 heteroatoms. The van der Waals surface area contributed by atoms with Crippen molar-refractivity contribution in [1.82, 2.24) is 0 Å². The zero-order valence-corrected chi connectivity index (χ0v) is 20.4. The molecule has 1 heterocycles. The van der Waals surface area contributed by atoms with E-state index in [-0.39, 0.29) is 0 Å². The maximum absolute atomic E-state index is 11.0. The summed E-state index contributed by atoms with van der Waals surface area (Å²) in [6.07, 6.45) is 1.82. The highest BCUT2D eigenvalue weighted by Gasteiger charge is 2.62. The van der Waals surface area contributed by atoms with Crippen LogP contribution in [0.2, 0.25) is 65.0 Å². The van der Waals surface area contributed by atoms with E-state index in [1.54, 1.807) is 0 Å². The van der Waals surface area contributed by atoms with Crippen molar-refractivity contribution in [3.63, 3.8) is 0 Å². The Morgan fingerprint density at radius 2 is 1.23 bits per heavy atom. The molecule has 1 aliphatic heterocycles. The molecular formula is C16H38O2Si4. The van der Waals surface area contributed by atoms with Crippen LogP contribution in [0.1, 0.15) is 6.42 Å². The SMILES string of the molecule is C[Si](C)(C)[Si](CC1COCC1CC=O)([Si](C)(C)C)[Si](C)(C)C. The molecule has 0 aromatic carbocycles. The molecule has 0 aromatic rings. The fourth-order valence-electron chi connectivity index (χ4n) is 5.94. The summed E-state index contributed by atoms with van der Waals surface area (Å²) in [5.41, 5.74) is 0. The van der Waals surface area contributed by atoms with E-state index in [4.69, 9.17) is 4.74 Å². The van der Waals surface area contributed by atoms with Gasteiger partial charge in [0.15, 0.2) is 0 Å². The van der Waals surface area contributed by atoms with Gasteiger partial charge in [0.05, 0.1) is 6.61 Å². The lowest BCUT2D eigenvalue weighted by atomic mass is 9.95. The number of carbonyl (C=O) groups is 1. The van der Waals surface area contributed by atoms with Crippen LogP contribution in [0.4, 0.5) is 0 Å². The van der Waals surface area contributed by atoms with Crippen molar-refractivity contribution >= 4 is 35.7 Å². The molecule has 0 amide bonds. The van der Waals surface area contributed by atoms with Gasteiger partial charge >= 0.3 is 0 Å². The van der Waals surface area contributed by atoms with E-state index in [1.165, 1.54) is 6.04 Å². The third-order valence-corrected chi connectivity index (χ3v) is 80.3. The smallest absolute Gasteiger partial charge is 0.120 e. The molecule has 2 unspecified atom stereocenters. The quantitative estimate of drug-likeness (QED) is 0.483. The van der Waals surface area contributed by atoms with Gasteiger partial charge in [0.25, 0.3) is 0 Å². The van der Waals surface area contributed by atoms with E-state index in [9.17, 15) is 4.79 Å². The molecule has 0 saturated carbocycles. The zero-order valence-electron chi connectivity index (χ0n) is 16.4. The van der Waals surface area contributed by atoms with E-state index < -0.39 is 29.4 Å². The van der Waals surface area contributed by atoms with Crippen molar-refractivity contribution in [2.24, 2.45) is 11.8 Å². The fraction of sp³-hybridized carbons (Fsp3) is 0.938. The summed E-state index contributed by atoms with van der Waals surface area (Å²) in [7, 11) is -3.63. The van der Waals surface area contributed by atoms with Crippen LogP contribution in [0.5, 0.6) is 0 Å². The standard InChI is InChI=1S/C16H38O2Si4/c1-19(2,3)22(20(4,5)6,21(7,8)9)14-16-13-18-12-15(16)10-11-17/h11,15-16H,10,12-14H2,1-9H3. The van der Waals surface area contributed by atoms with Crippen LogP contribution in [0.25, 0.3) is 0 Å². The van der Waals surface area contributed by atoms with Crippen molar-refractivity contribution in [2.45, 2.75) is 71.4 Å². The van der Waals surface area contributed by atoms with E-state index >= 15 is 0 Å². The summed E-state index contributed by atoms with van der Waals surface area (Å²) >= 11 is 0. The van der Waals surface area contributed by atoms with Gasteiger partial charge < -0.3 is 9.53 Å². The second-order valence-corrected chi connectivity index (χ2v) is 51.7. The molecule has 22 heavy (non-hydrogen) atoms. The van der Waals surface area contributed by atoms with Gasteiger partial charge in [0.2, 0.25) is 0 Å². The molecule has 1 saturated heterocycles. The number of aldehydes is 1. The van der Waals surface area contributed by atoms with Crippen molar-refractivity contribution < 1.29 is 9.53 Å². The van der Waals surface area contributed by atoms with E-state index in [1.807, 2.05) is 0 Å². The molecular weight excluding hydrogens is 337 g/mol. The second-order valence-electron chi connectivity index (χ2n) is 10.3. The predicted molar refractivity (Wildman–Crippen MR) is 109 cm³/mol. The van der Waals surface area contributed by atoms with Gasteiger partial charge in [-0.25, -0.2) is 0 Å². The Hall–Kier alpha value is 0.498. The minimum Gasteiger partial charge on any atom is -0.381 e. The van der Waals surface area contributed by atoms with Crippen molar-refractivity contribution in [1.29, 1.82) is 0 Å². The molecule has 1 rings (SSSR count). The van der Waals surface area contributed by atoms with E-state index in [0.29, 0.717) is 18.3 Å². The molecule has 2 nitrogen and oxygen atoms in total. The first-order valence-corrected chi connectivity index (χ1v) is 24.5. The topological polar surface area (TPSA) is 26.3 Å². The minimum atomic E-state index is -1.32. The molecule has 0 aliphatic carbocycles. The van der Waals surface area contributed by atoms with Crippen LogP contribution in [-0.4, -0.2) is 48.9 Å². The maximum Gasteiger partial charge on any atom is 0.120 e. The van der Waals surface area contributed by atoms with Gasteiger partial charge in [0.1, 0.15) is 6.29 Å². The van der Waals surface area contributed by atoms with E-state index in [2.05, 4.69) is 58.9 Å². The summed E-state index contributed by atoms with van der Waals surface area (Å²) in [6, 6.07) is 1.45. The van der Waals surface area contributed by atoms with Gasteiger partial charge in [-0.15, -0.1) is 0 Å². The van der Waals surface area contributed by atoms with Crippen LogP contribution >= 0.6 is 0 Å². The molecule has 0 N–H and O–H groups in total. The Morgan fingerprint density at radius 1 is 0.818 bits per heavy atom. The Balaban J connectivity index is 3.30. The molecule has 1 aliphatic rings. The summed E-state index contributed by atoms with van der Waals surface area (Å²) in [5.74, 6) is 1.15. The average molecular weight is 375 g/mol. The Labute approximate surface area is 141 Å². The highest BCUT2D eigenvalue weighted by Crippen LogP contribution is 2.44. The summed E-state index contributed by atoms with van der Waals surface area (Å²) in [4.78, 5) is 11.0. The highest BCUT2D eigenvalue weighted by atomic mass is 29.9. The lowest BCUT2D eigenvalue weighted by Gasteiger charge is -2.59. The van der Waals surface area contributed by atoms with Gasteiger partial charge in [-0.3, -0.25) is 0 Å². The molecule has 130 valence electrons. The van der Waals surface area contributed by atoms with E-state index in [0.717, 1.165) is 19.5 Å².